The monoisotopic (exact) mass is 324 g/mol. The molecule has 120 valence electrons. The predicted octanol–water partition coefficient (Wildman–Crippen LogP) is 0.0591. The number of carbonyl (C=O) groups excluding carboxylic acids is 2. The fraction of sp³-hybridized carbons (Fsp3) is 0.467. The Morgan fingerprint density at radius 1 is 1.14 bits per heavy atom. The molecule has 2 amide bonds. The average Bonchev–Trinajstić information content (AvgIpc) is 2.54. The lowest BCUT2D eigenvalue weighted by molar-refractivity contribution is -0.147. The Morgan fingerprint density at radius 2 is 1.77 bits per heavy atom. The van der Waals surface area contributed by atoms with Crippen LogP contribution < -0.4 is 11.1 Å². The van der Waals surface area contributed by atoms with Crippen LogP contribution in [0.15, 0.2) is 24.3 Å². The molecule has 1 aromatic carbocycles. The van der Waals surface area contributed by atoms with Gasteiger partial charge >= 0.3 is 11.8 Å². The van der Waals surface area contributed by atoms with Crippen LogP contribution in [0.25, 0.3) is 0 Å². The summed E-state index contributed by atoms with van der Waals surface area (Å²) in [5.41, 5.74) is 6.41. The lowest BCUT2D eigenvalue weighted by Gasteiger charge is -2.34. The number of carbonyl (C=O) groups is 2. The first-order chi connectivity index (χ1) is 10.6. The van der Waals surface area contributed by atoms with Gasteiger partial charge in [0.25, 0.3) is 0 Å². The standard InChI is InChI=1S/C15H21ClN4O2/c16-13-3-1-12(2-4-13)11-18-14(21)15(22)20-9-7-19(6-5-17)8-10-20/h1-4H,5-11,17H2,(H,18,21). The number of benzene rings is 1. The van der Waals surface area contributed by atoms with E-state index < -0.39 is 11.8 Å². The molecular formula is C15H21ClN4O2. The van der Waals surface area contributed by atoms with Gasteiger partial charge in [-0.15, -0.1) is 0 Å². The first kappa shape index (κ1) is 16.7. The smallest absolute Gasteiger partial charge is 0.311 e. The normalized spacial score (nSPS) is 15.6. The maximum atomic E-state index is 12.1. The van der Waals surface area contributed by atoms with Crippen molar-refractivity contribution in [3.05, 3.63) is 34.9 Å². The number of piperazine rings is 1. The van der Waals surface area contributed by atoms with Gasteiger partial charge in [0.1, 0.15) is 0 Å². The lowest BCUT2D eigenvalue weighted by Crippen LogP contribution is -2.53. The zero-order chi connectivity index (χ0) is 15.9. The van der Waals surface area contributed by atoms with Crippen molar-refractivity contribution in [1.82, 2.24) is 15.1 Å². The van der Waals surface area contributed by atoms with Crippen molar-refractivity contribution in [2.45, 2.75) is 6.54 Å². The third kappa shape index (κ3) is 4.69. The molecule has 7 heteroatoms. The highest BCUT2D eigenvalue weighted by molar-refractivity contribution is 6.35. The number of hydrogen-bond acceptors (Lipinski definition) is 4. The summed E-state index contributed by atoms with van der Waals surface area (Å²) in [6.07, 6.45) is 0. The van der Waals surface area contributed by atoms with E-state index in [1.54, 1.807) is 17.0 Å². The highest BCUT2D eigenvalue weighted by atomic mass is 35.5. The molecule has 2 rings (SSSR count). The minimum absolute atomic E-state index is 0.314. The zero-order valence-electron chi connectivity index (χ0n) is 12.4. The third-order valence-corrected chi connectivity index (χ3v) is 3.92. The van der Waals surface area contributed by atoms with E-state index in [0.717, 1.165) is 25.2 Å². The van der Waals surface area contributed by atoms with Crippen molar-refractivity contribution in [3.63, 3.8) is 0 Å². The Balaban J connectivity index is 1.77. The van der Waals surface area contributed by atoms with Crippen LogP contribution in [0.3, 0.4) is 0 Å². The van der Waals surface area contributed by atoms with Crippen LogP contribution >= 0.6 is 11.6 Å². The molecule has 1 aliphatic rings. The summed E-state index contributed by atoms with van der Waals surface area (Å²) in [4.78, 5) is 27.8. The van der Waals surface area contributed by atoms with Gasteiger partial charge in [-0.2, -0.15) is 0 Å². The van der Waals surface area contributed by atoms with E-state index >= 15 is 0 Å². The molecule has 0 aliphatic carbocycles. The van der Waals surface area contributed by atoms with Gasteiger partial charge in [-0.1, -0.05) is 23.7 Å². The van der Waals surface area contributed by atoms with Crippen molar-refractivity contribution in [2.75, 3.05) is 39.3 Å². The molecule has 1 fully saturated rings. The first-order valence-corrected chi connectivity index (χ1v) is 7.72. The summed E-state index contributed by atoms with van der Waals surface area (Å²) >= 11 is 5.80. The van der Waals surface area contributed by atoms with Crippen LogP contribution in [-0.2, 0) is 16.1 Å². The molecule has 1 saturated heterocycles. The highest BCUT2D eigenvalue weighted by Crippen LogP contribution is 2.09. The van der Waals surface area contributed by atoms with Crippen LogP contribution in [0.2, 0.25) is 5.02 Å². The molecule has 1 aromatic rings. The van der Waals surface area contributed by atoms with E-state index in [1.807, 2.05) is 12.1 Å². The summed E-state index contributed by atoms with van der Waals surface area (Å²) in [5, 5.41) is 3.29. The SMILES string of the molecule is NCCN1CCN(C(=O)C(=O)NCc2ccc(Cl)cc2)CC1. The van der Waals surface area contributed by atoms with Gasteiger partial charge in [-0.3, -0.25) is 14.5 Å². The van der Waals surface area contributed by atoms with E-state index in [9.17, 15) is 9.59 Å². The molecule has 0 bridgehead atoms. The second-order valence-corrected chi connectivity index (χ2v) is 5.67. The summed E-state index contributed by atoms with van der Waals surface area (Å²) in [6.45, 7) is 4.39. The summed E-state index contributed by atoms with van der Waals surface area (Å²) in [6, 6.07) is 7.14. The van der Waals surface area contributed by atoms with Crippen LogP contribution in [0.5, 0.6) is 0 Å². The number of nitrogens with zero attached hydrogens (tertiary/aromatic N) is 2. The summed E-state index contributed by atoms with van der Waals surface area (Å²) in [7, 11) is 0. The topological polar surface area (TPSA) is 78.7 Å². The first-order valence-electron chi connectivity index (χ1n) is 7.34. The van der Waals surface area contributed by atoms with Gasteiger partial charge in [0.15, 0.2) is 0 Å². The quantitative estimate of drug-likeness (QED) is 0.768. The molecule has 0 unspecified atom stereocenters. The van der Waals surface area contributed by atoms with Crippen molar-refractivity contribution in [3.8, 4) is 0 Å². The minimum Gasteiger partial charge on any atom is -0.344 e. The van der Waals surface area contributed by atoms with Gasteiger partial charge in [-0.25, -0.2) is 0 Å². The van der Waals surface area contributed by atoms with E-state index in [2.05, 4.69) is 10.2 Å². The van der Waals surface area contributed by atoms with Gasteiger partial charge in [-0.05, 0) is 17.7 Å². The number of rotatable bonds is 4. The van der Waals surface area contributed by atoms with Crippen LogP contribution in [-0.4, -0.2) is 60.9 Å². The molecule has 0 radical (unpaired) electrons. The average molecular weight is 325 g/mol. The Labute approximate surface area is 135 Å². The Hall–Kier alpha value is -1.63. The van der Waals surface area contributed by atoms with E-state index in [-0.39, 0.29) is 0 Å². The predicted molar refractivity (Wildman–Crippen MR) is 85.4 cm³/mol. The van der Waals surface area contributed by atoms with Crippen molar-refractivity contribution in [2.24, 2.45) is 5.73 Å². The largest absolute Gasteiger partial charge is 0.344 e. The molecule has 1 aliphatic heterocycles. The zero-order valence-corrected chi connectivity index (χ0v) is 13.2. The molecule has 0 aromatic heterocycles. The fourth-order valence-corrected chi connectivity index (χ4v) is 2.49. The number of hydrogen-bond donors (Lipinski definition) is 2. The van der Waals surface area contributed by atoms with Gasteiger partial charge in [0, 0.05) is 50.8 Å². The van der Waals surface area contributed by atoms with Gasteiger partial charge < -0.3 is 16.0 Å². The van der Waals surface area contributed by atoms with E-state index in [1.165, 1.54) is 0 Å². The second kappa shape index (κ2) is 8.12. The van der Waals surface area contributed by atoms with Crippen molar-refractivity contribution in [1.29, 1.82) is 0 Å². The molecular weight excluding hydrogens is 304 g/mol. The maximum absolute atomic E-state index is 12.1. The van der Waals surface area contributed by atoms with E-state index in [0.29, 0.717) is 31.2 Å². The molecule has 3 N–H and O–H groups in total. The summed E-state index contributed by atoms with van der Waals surface area (Å²) in [5.74, 6) is -1.04. The fourth-order valence-electron chi connectivity index (χ4n) is 2.36. The van der Waals surface area contributed by atoms with Crippen LogP contribution in [0.4, 0.5) is 0 Å². The summed E-state index contributed by atoms with van der Waals surface area (Å²) < 4.78 is 0. The highest BCUT2D eigenvalue weighted by Gasteiger charge is 2.25. The van der Waals surface area contributed by atoms with Crippen LogP contribution in [0, 0.1) is 0 Å². The second-order valence-electron chi connectivity index (χ2n) is 5.23. The van der Waals surface area contributed by atoms with Crippen molar-refractivity contribution < 1.29 is 9.59 Å². The number of amides is 2. The Kier molecular flexibility index (Phi) is 6.18. The Morgan fingerprint density at radius 3 is 2.36 bits per heavy atom. The maximum Gasteiger partial charge on any atom is 0.311 e. The molecule has 0 atom stereocenters. The van der Waals surface area contributed by atoms with Gasteiger partial charge in [0.05, 0.1) is 0 Å². The van der Waals surface area contributed by atoms with E-state index in [4.69, 9.17) is 17.3 Å². The van der Waals surface area contributed by atoms with Gasteiger partial charge in [0.2, 0.25) is 0 Å². The number of nitrogens with two attached hydrogens (primary N) is 1. The molecule has 1 heterocycles. The third-order valence-electron chi connectivity index (χ3n) is 3.67. The minimum atomic E-state index is -0.567. The number of nitrogens with one attached hydrogen (secondary N) is 1. The molecule has 0 spiro atoms. The molecule has 6 nitrogen and oxygen atoms in total. The molecule has 22 heavy (non-hydrogen) atoms. The van der Waals surface area contributed by atoms with Crippen LogP contribution in [0.1, 0.15) is 5.56 Å². The lowest BCUT2D eigenvalue weighted by atomic mass is 10.2. The van der Waals surface area contributed by atoms with Crippen molar-refractivity contribution >= 4 is 23.4 Å². The number of halogens is 1. The Bertz CT molecular complexity index is 513. The molecule has 0 saturated carbocycles.